The summed E-state index contributed by atoms with van der Waals surface area (Å²) in [7, 11) is 1.60. The molecule has 3 nitrogen and oxygen atoms in total. The smallest absolute Gasteiger partial charge is 0.215 e. The summed E-state index contributed by atoms with van der Waals surface area (Å²) in [6, 6.07) is 17.2. The van der Waals surface area contributed by atoms with Crippen molar-refractivity contribution in [3.8, 4) is 16.2 Å². The number of thiophene rings is 1. The lowest BCUT2D eigenvalue weighted by Crippen LogP contribution is -1.94. The maximum atomic E-state index is 14.7. The molecule has 0 saturated carbocycles. The summed E-state index contributed by atoms with van der Waals surface area (Å²) in [5.41, 5.74) is 2.60. The van der Waals surface area contributed by atoms with Crippen molar-refractivity contribution in [3.05, 3.63) is 71.7 Å². The Kier molecular flexibility index (Phi) is 4.07. The third-order valence-electron chi connectivity index (χ3n) is 3.98. The second-order valence-corrected chi connectivity index (χ2v) is 6.50. The first kappa shape index (κ1) is 15.6. The third kappa shape index (κ3) is 3.06. The Hall–Kier alpha value is -2.92. The van der Waals surface area contributed by atoms with E-state index in [0.29, 0.717) is 0 Å². The molecule has 25 heavy (non-hydrogen) atoms. The number of nitrogens with zero attached hydrogens (tertiary/aromatic N) is 2. The molecule has 0 amide bonds. The van der Waals surface area contributed by atoms with E-state index < -0.39 is 5.95 Å². The highest BCUT2D eigenvalue weighted by molar-refractivity contribution is 7.13. The fraction of sp³-hybridized carbons (Fsp3) is 0.0500. The van der Waals surface area contributed by atoms with Gasteiger partial charge in [-0.1, -0.05) is 24.3 Å². The van der Waals surface area contributed by atoms with Gasteiger partial charge in [0.05, 0.1) is 18.8 Å². The minimum absolute atomic E-state index is 0.427. The number of rotatable bonds is 4. The Labute approximate surface area is 148 Å². The van der Waals surface area contributed by atoms with E-state index in [2.05, 4.69) is 11.2 Å². The molecule has 0 aliphatic carbocycles. The Balaban J connectivity index is 1.69. The second kappa shape index (κ2) is 6.53. The highest BCUT2D eigenvalue weighted by Crippen LogP contribution is 2.29. The predicted molar refractivity (Wildman–Crippen MR) is 101 cm³/mol. The zero-order chi connectivity index (χ0) is 17.2. The molecule has 124 valence electrons. The van der Waals surface area contributed by atoms with Crippen LogP contribution in [0.5, 0.6) is 5.75 Å². The van der Waals surface area contributed by atoms with Gasteiger partial charge in [0.25, 0.3) is 0 Å². The topological polar surface area (TPSA) is 27.1 Å². The zero-order valence-corrected chi connectivity index (χ0v) is 14.3. The monoisotopic (exact) mass is 350 g/mol. The lowest BCUT2D eigenvalue weighted by atomic mass is 10.1. The van der Waals surface area contributed by atoms with Crippen molar-refractivity contribution in [3.63, 3.8) is 0 Å². The number of benzene rings is 2. The molecule has 0 bridgehead atoms. The molecule has 0 radical (unpaired) electrons. The van der Waals surface area contributed by atoms with Gasteiger partial charge in [-0.3, -0.25) is 0 Å². The van der Waals surface area contributed by atoms with E-state index in [1.54, 1.807) is 48.9 Å². The van der Waals surface area contributed by atoms with Crippen LogP contribution in [0.25, 0.3) is 33.4 Å². The lowest BCUT2D eigenvalue weighted by molar-refractivity contribution is 0.415. The van der Waals surface area contributed by atoms with Crippen molar-refractivity contribution in [1.82, 2.24) is 9.78 Å². The molecule has 5 heteroatoms. The van der Waals surface area contributed by atoms with Crippen molar-refractivity contribution in [1.29, 1.82) is 0 Å². The summed E-state index contributed by atoms with van der Waals surface area (Å²) >= 11 is 1.68. The molecule has 0 unspecified atom stereocenters. The van der Waals surface area contributed by atoms with Crippen LogP contribution >= 0.6 is 11.3 Å². The fourth-order valence-corrected chi connectivity index (χ4v) is 3.42. The first-order chi connectivity index (χ1) is 12.2. The quantitative estimate of drug-likeness (QED) is 0.472. The van der Waals surface area contributed by atoms with Gasteiger partial charge in [0.2, 0.25) is 5.95 Å². The van der Waals surface area contributed by atoms with Crippen LogP contribution in [0.4, 0.5) is 4.39 Å². The second-order valence-electron chi connectivity index (χ2n) is 5.55. The molecular formula is C20H15FN2OS. The highest BCUT2D eigenvalue weighted by atomic mass is 32.1. The molecule has 2 heterocycles. The number of hydrogen-bond acceptors (Lipinski definition) is 3. The van der Waals surface area contributed by atoms with Crippen molar-refractivity contribution < 1.29 is 9.13 Å². The lowest BCUT2D eigenvalue weighted by Gasteiger charge is -2.03. The van der Waals surface area contributed by atoms with Crippen molar-refractivity contribution in [2.45, 2.75) is 0 Å². The Morgan fingerprint density at radius 3 is 2.72 bits per heavy atom. The number of fused-ring (bicyclic) bond motifs is 1. The number of halogens is 1. The number of ether oxygens (including phenoxy) is 1. The number of methoxy groups -OCH3 is 1. The van der Waals surface area contributed by atoms with Gasteiger partial charge in [-0.05, 0) is 46.8 Å². The van der Waals surface area contributed by atoms with E-state index >= 15 is 0 Å². The minimum Gasteiger partial charge on any atom is -0.497 e. The molecule has 0 spiro atoms. The summed E-state index contributed by atoms with van der Waals surface area (Å²) in [6.07, 6.45) is 3.15. The number of aromatic nitrogens is 2. The van der Waals surface area contributed by atoms with Gasteiger partial charge in [-0.25, -0.2) is 4.68 Å². The van der Waals surface area contributed by atoms with Crippen LogP contribution in [-0.4, -0.2) is 16.9 Å². The minimum atomic E-state index is -0.427. The van der Waals surface area contributed by atoms with E-state index in [-0.39, 0.29) is 0 Å². The maximum absolute atomic E-state index is 14.7. The largest absolute Gasteiger partial charge is 0.497 e. The van der Waals surface area contributed by atoms with Gasteiger partial charge >= 0.3 is 0 Å². The average Bonchev–Trinajstić information content (AvgIpc) is 3.31. The van der Waals surface area contributed by atoms with E-state index in [0.717, 1.165) is 27.8 Å². The SMILES string of the molecule is COc1ccc(/C=C(\F)n2ncc3cc(-c4cccs4)ccc32)cc1. The Morgan fingerprint density at radius 1 is 1.16 bits per heavy atom. The summed E-state index contributed by atoms with van der Waals surface area (Å²) in [6.45, 7) is 0. The molecular weight excluding hydrogens is 335 g/mol. The van der Waals surface area contributed by atoms with Crippen LogP contribution in [0.1, 0.15) is 5.56 Å². The summed E-state index contributed by atoms with van der Waals surface area (Å²) < 4.78 is 21.1. The van der Waals surface area contributed by atoms with Crippen LogP contribution in [0, 0.1) is 0 Å². The summed E-state index contributed by atoms with van der Waals surface area (Å²) in [5, 5.41) is 7.15. The van der Waals surface area contributed by atoms with Crippen LogP contribution in [0.2, 0.25) is 0 Å². The van der Waals surface area contributed by atoms with Crippen molar-refractivity contribution in [2.75, 3.05) is 7.11 Å². The number of hydrogen-bond donors (Lipinski definition) is 0. The zero-order valence-electron chi connectivity index (χ0n) is 13.5. The van der Waals surface area contributed by atoms with Gasteiger partial charge in [0.15, 0.2) is 0 Å². The highest BCUT2D eigenvalue weighted by Gasteiger charge is 2.09. The van der Waals surface area contributed by atoms with Gasteiger partial charge < -0.3 is 4.74 Å². The van der Waals surface area contributed by atoms with E-state index in [1.807, 2.05) is 29.6 Å². The van der Waals surface area contributed by atoms with Gasteiger partial charge in [0.1, 0.15) is 5.75 Å². The van der Waals surface area contributed by atoms with Crippen LogP contribution in [0.3, 0.4) is 0 Å². The van der Waals surface area contributed by atoms with Gasteiger partial charge in [-0.15, -0.1) is 11.3 Å². The first-order valence-corrected chi connectivity index (χ1v) is 8.66. The molecule has 0 N–H and O–H groups in total. The maximum Gasteiger partial charge on any atom is 0.215 e. The van der Waals surface area contributed by atoms with E-state index in [4.69, 9.17) is 4.74 Å². The van der Waals surface area contributed by atoms with Crippen molar-refractivity contribution >= 4 is 34.3 Å². The normalized spacial score (nSPS) is 11.8. The molecule has 0 saturated heterocycles. The molecule has 0 aliphatic rings. The van der Waals surface area contributed by atoms with Crippen LogP contribution < -0.4 is 4.74 Å². The fourth-order valence-electron chi connectivity index (χ4n) is 2.70. The summed E-state index contributed by atoms with van der Waals surface area (Å²) in [5.74, 6) is 0.312. The molecule has 2 aromatic carbocycles. The molecule has 4 rings (SSSR count). The molecule has 2 aromatic heterocycles. The molecule has 0 fully saturated rings. The Morgan fingerprint density at radius 2 is 2.00 bits per heavy atom. The average molecular weight is 350 g/mol. The van der Waals surface area contributed by atoms with Crippen molar-refractivity contribution in [2.24, 2.45) is 0 Å². The van der Waals surface area contributed by atoms with Crippen LogP contribution in [-0.2, 0) is 0 Å². The third-order valence-corrected chi connectivity index (χ3v) is 4.90. The first-order valence-electron chi connectivity index (χ1n) is 7.78. The van der Waals surface area contributed by atoms with Crippen LogP contribution in [0.15, 0.2) is 66.2 Å². The van der Waals surface area contributed by atoms with E-state index in [9.17, 15) is 4.39 Å². The molecule has 4 aromatic rings. The van der Waals surface area contributed by atoms with Gasteiger partial charge in [0, 0.05) is 16.3 Å². The van der Waals surface area contributed by atoms with E-state index in [1.165, 1.54) is 15.6 Å². The Bertz CT molecular complexity index is 1030. The molecule has 0 aliphatic heterocycles. The molecule has 0 atom stereocenters. The summed E-state index contributed by atoms with van der Waals surface area (Å²) in [4.78, 5) is 1.18. The van der Waals surface area contributed by atoms with Gasteiger partial charge in [-0.2, -0.15) is 9.49 Å². The standard InChI is InChI=1S/C20H15FN2OS/c1-24-17-7-4-14(5-8-17)11-20(21)23-18-9-6-15(12-16(18)13-22-23)19-3-2-10-25-19/h2-13H,1H3/b20-11+. The predicted octanol–water partition coefficient (Wildman–Crippen LogP) is 5.70.